The van der Waals surface area contributed by atoms with Gasteiger partial charge in [-0.1, -0.05) is 23.4 Å². The number of benzene rings is 1. The maximum Gasteiger partial charge on any atom is 0.422 e. The minimum atomic E-state index is -4.09. The Labute approximate surface area is 121 Å². The molecule has 4 N–H and O–H groups in total. The van der Waals surface area contributed by atoms with Crippen LogP contribution in [0.2, 0.25) is 5.02 Å². The van der Waals surface area contributed by atoms with Crippen LogP contribution in [0.3, 0.4) is 0 Å². The number of hydrogen-bond donors (Lipinski definition) is 3. The van der Waals surface area contributed by atoms with E-state index in [1.54, 1.807) is 4.72 Å². The monoisotopic (exact) mass is 317 g/mol. The van der Waals surface area contributed by atoms with Gasteiger partial charge in [-0.2, -0.15) is 8.42 Å². The number of anilines is 1. The molecule has 108 valence electrons. The Kier molecular flexibility index (Phi) is 5.64. The topological polar surface area (TPSA) is 111 Å². The van der Waals surface area contributed by atoms with Crippen molar-refractivity contribution in [1.82, 2.24) is 4.72 Å². The van der Waals surface area contributed by atoms with Gasteiger partial charge in [-0.05, 0) is 18.2 Å². The van der Waals surface area contributed by atoms with Gasteiger partial charge in [0.25, 0.3) is 0 Å². The second kappa shape index (κ2) is 7.00. The normalized spacial score (nSPS) is 10.2. The number of nitrogens with two attached hydrogens (primary N) is 1. The first-order valence-corrected chi connectivity index (χ1v) is 7.11. The first-order valence-electron chi connectivity index (χ1n) is 5.25. The lowest BCUT2D eigenvalue weighted by Crippen LogP contribution is -2.35. The molecule has 9 heteroatoms. The zero-order valence-electron chi connectivity index (χ0n) is 10.4. The van der Waals surface area contributed by atoms with Gasteiger partial charge in [0.1, 0.15) is 0 Å². The highest BCUT2D eigenvalue weighted by Gasteiger charge is 2.14. The van der Waals surface area contributed by atoms with E-state index in [2.05, 4.69) is 21.3 Å². The van der Waals surface area contributed by atoms with Crippen molar-refractivity contribution >= 4 is 33.6 Å². The van der Waals surface area contributed by atoms with Gasteiger partial charge in [-0.3, -0.25) is 4.72 Å². The van der Waals surface area contributed by atoms with Crippen LogP contribution in [0.4, 0.5) is 10.5 Å². The summed E-state index contributed by atoms with van der Waals surface area (Å²) in [7, 11) is -3.04. The average molecular weight is 318 g/mol. The molecule has 7 nitrogen and oxygen atoms in total. The number of rotatable bonds is 3. The van der Waals surface area contributed by atoms with E-state index in [4.69, 9.17) is 17.3 Å². The standard InChI is InChI=1S/C11H12ClN3O4S/c1-19-11(16)15-20(17,18)14-9-4-5-10(12)8(7-9)3-2-6-13/h4-5,7,14H,6,13H2,1H3,(H,15,16). The van der Waals surface area contributed by atoms with Gasteiger partial charge in [-0.15, -0.1) is 0 Å². The first kappa shape index (κ1) is 16.1. The molecule has 0 saturated carbocycles. The fourth-order valence-corrected chi connectivity index (χ4v) is 2.12. The highest BCUT2D eigenvalue weighted by atomic mass is 35.5. The molecule has 0 aliphatic heterocycles. The molecule has 0 unspecified atom stereocenters. The Morgan fingerprint density at radius 1 is 1.50 bits per heavy atom. The van der Waals surface area contributed by atoms with Gasteiger partial charge < -0.3 is 10.5 Å². The fraction of sp³-hybridized carbons (Fsp3) is 0.182. The van der Waals surface area contributed by atoms with Crippen LogP contribution < -0.4 is 15.2 Å². The van der Waals surface area contributed by atoms with E-state index in [0.29, 0.717) is 10.6 Å². The summed E-state index contributed by atoms with van der Waals surface area (Å²) < 4.78 is 31.1. The summed E-state index contributed by atoms with van der Waals surface area (Å²) in [5.41, 5.74) is 5.85. The van der Waals surface area contributed by atoms with Crippen LogP contribution in [-0.4, -0.2) is 28.2 Å². The average Bonchev–Trinajstić information content (AvgIpc) is 2.38. The third-order valence-electron chi connectivity index (χ3n) is 1.95. The quantitative estimate of drug-likeness (QED) is 0.709. The molecule has 1 amide bonds. The van der Waals surface area contributed by atoms with Gasteiger partial charge in [0.2, 0.25) is 0 Å². The molecule has 0 saturated heterocycles. The largest absolute Gasteiger partial charge is 0.452 e. The molecular weight excluding hydrogens is 306 g/mol. The zero-order chi connectivity index (χ0) is 15.2. The van der Waals surface area contributed by atoms with Crippen molar-refractivity contribution in [3.8, 4) is 11.8 Å². The Hall–Kier alpha value is -1.95. The Balaban J connectivity index is 2.96. The second-order valence-electron chi connectivity index (χ2n) is 3.40. The van der Waals surface area contributed by atoms with Gasteiger partial charge in [0, 0.05) is 5.56 Å². The number of amides is 1. The molecule has 0 atom stereocenters. The van der Waals surface area contributed by atoms with E-state index in [9.17, 15) is 13.2 Å². The highest BCUT2D eigenvalue weighted by Crippen LogP contribution is 2.20. The summed E-state index contributed by atoms with van der Waals surface area (Å²) in [6.07, 6.45) is -1.10. The van der Waals surface area contributed by atoms with Crippen LogP contribution >= 0.6 is 11.6 Å². The smallest absolute Gasteiger partial charge is 0.422 e. The van der Waals surface area contributed by atoms with Gasteiger partial charge >= 0.3 is 16.3 Å². The first-order chi connectivity index (χ1) is 9.38. The molecular formula is C11H12ClN3O4S. The summed E-state index contributed by atoms with van der Waals surface area (Å²) in [6, 6.07) is 4.31. The predicted octanol–water partition coefficient (Wildman–Crippen LogP) is 0.663. The lowest BCUT2D eigenvalue weighted by Gasteiger charge is -2.09. The van der Waals surface area contributed by atoms with Gasteiger partial charge in [0.05, 0.1) is 24.4 Å². The van der Waals surface area contributed by atoms with Crippen LogP contribution in [0.25, 0.3) is 0 Å². The second-order valence-corrected chi connectivity index (χ2v) is 5.22. The van der Waals surface area contributed by atoms with E-state index < -0.39 is 16.3 Å². The van der Waals surface area contributed by atoms with Gasteiger partial charge in [0.15, 0.2) is 0 Å². The fourth-order valence-electron chi connectivity index (χ4n) is 1.16. The Bertz CT molecular complexity index is 664. The Morgan fingerprint density at radius 3 is 2.80 bits per heavy atom. The highest BCUT2D eigenvalue weighted by molar-refractivity contribution is 7.91. The molecule has 1 rings (SSSR count). The third kappa shape index (κ3) is 4.97. The molecule has 1 aromatic rings. The third-order valence-corrected chi connectivity index (χ3v) is 3.22. The Morgan fingerprint density at radius 2 is 2.20 bits per heavy atom. The summed E-state index contributed by atoms with van der Waals surface area (Å²) in [4.78, 5) is 10.9. The molecule has 0 bridgehead atoms. The lowest BCUT2D eigenvalue weighted by molar-refractivity contribution is 0.177. The molecule has 0 spiro atoms. The molecule has 0 aliphatic carbocycles. The van der Waals surface area contributed by atoms with Crippen LogP contribution in [0.15, 0.2) is 18.2 Å². The summed E-state index contributed by atoms with van der Waals surface area (Å²) in [5.74, 6) is 5.30. The van der Waals surface area contributed by atoms with Crippen molar-refractivity contribution in [3.63, 3.8) is 0 Å². The molecule has 0 aliphatic rings. The summed E-state index contributed by atoms with van der Waals surface area (Å²) >= 11 is 5.90. The number of carbonyl (C=O) groups is 1. The van der Waals surface area contributed by atoms with Crippen LogP contribution in [0, 0.1) is 11.8 Å². The predicted molar refractivity (Wildman–Crippen MR) is 75.5 cm³/mol. The van der Waals surface area contributed by atoms with Crippen molar-refractivity contribution in [2.24, 2.45) is 5.73 Å². The van der Waals surface area contributed by atoms with Crippen molar-refractivity contribution in [2.45, 2.75) is 0 Å². The van der Waals surface area contributed by atoms with Crippen molar-refractivity contribution in [3.05, 3.63) is 28.8 Å². The zero-order valence-corrected chi connectivity index (χ0v) is 12.0. The summed E-state index contributed by atoms with van der Waals surface area (Å²) in [6.45, 7) is 0.149. The molecule has 1 aromatic carbocycles. The molecule has 20 heavy (non-hydrogen) atoms. The molecule has 0 radical (unpaired) electrons. The maximum absolute atomic E-state index is 11.6. The van der Waals surface area contributed by atoms with Crippen molar-refractivity contribution < 1.29 is 17.9 Å². The number of hydrogen-bond acceptors (Lipinski definition) is 5. The van der Waals surface area contributed by atoms with E-state index in [-0.39, 0.29) is 12.2 Å². The minimum Gasteiger partial charge on any atom is -0.452 e. The number of carbonyl (C=O) groups excluding carboxylic acids is 1. The molecule has 0 aromatic heterocycles. The van der Waals surface area contributed by atoms with E-state index in [0.717, 1.165) is 7.11 Å². The van der Waals surface area contributed by atoms with E-state index >= 15 is 0 Å². The van der Waals surface area contributed by atoms with Crippen LogP contribution in [0.1, 0.15) is 5.56 Å². The van der Waals surface area contributed by atoms with E-state index in [1.807, 2.05) is 0 Å². The minimum absolute atomic E-state index is 0.149. The maximum atomic E-state index is 11.6. The summed E-state index contributed by atoms with van der Waals surface area (Å²) in [5, 5.41) is 0.356. The van der Waals surface area contributed by atoms with Crippen molar-refractivity contribution in [2.75, 3.05) is 18.4 Å². The molecule has 0 heterocycles. The SMILES string of the molecule is COC(=O)NS(=O)(=O)Nc1ccc(Cl)c(C#CCN)c1. The lowest BCUT2D eigenvalue weighted by atomic mass is 10.2. The number of methoxy groups -OCH3 is 1. The number of halogens is 1. The number of nitrogens with one attached hydrogen (secondary N) is 2. The van der Waals surface area contributed by atoms with Crippen LogP contribution in [0.5, 0.6) is 0 Å². The number of ether oxygens (including phenoxy) is 1. The van der Waals surface area contributed by atoms with E-state index in [1.165, 1.54) is 18.2 Å². The van der Waals surface area contributed by atoms with Crippen molar-refractivity contribution in [1.29, 1.82) is 0 Å². The van der Waals surface area contributed by atoms with Crippen LogP contribution in [-0.2, 0) is 14.9 Å². The van der Waals surface area contributed by atoms with Gasteiger partial charge in [-0.25, -0.2) is 9.52 Å². The molecule has 0 fully saturated rings.